The zero-order valence-corrected chi connectivity index (χ0v) is 16.6. The third-order valence-electron chi connectivity index (χ3n) is 4.36. The summed E-state index contributed by atoms with van der Waals surface area (Å²) in [6.07, 6.45) is 0. The van der Waals surface area contributed by atoms with Gasteiger partial charge in [-0.15, -0.1) is 12.4 Å². The Balaban J connectivity index is 0.00000484. The summed E-state index contributed by atoms with van der Waals surface area (Å²) in [4.78, 5) is 0. The van der Waals surface area contributed by atoms with Crippen molar-refractivity contribution in [2.24, 2.45) is 11.1 Å². The number of nitrogens with two attached hydrogens (primary N) is 1. The van der Waals surface area contributed by atoms with Crippen LogP contribution in [0.4, 0.5) is 0 Å². The largest absolute Gasteiger partial charge is 0.507 e. The van der Waals surface area contributed by atoms with Crippen LogP contribution in [0.2, 0.25) is 0 Å². The fourth-order valence-electron chi connectivity index (χ4n) is 2.53. The van der Waals surface area contributed by atoms with Gasteiger partial charge in [0.15, 0.2) is 0 Å². The molecule has 1 aromatic rings. The van der Waals surface area contributed by atoms with Gasteiger partial charge in [0, 0.05) is 18.1 Å². The third kappa shape index (κ3) is 4.85. The van der Waals surface area contributed by atoms with E-state index in [-0.39, 0.29) is 35.9 Å². The molecule has 0 spiro atoms. The maximum Gasteiger partial charge on any atom is 0.123 e. The monoisotopic (exact) mass is 343 g/mol. The van der Waals surface area contributed by atoms with Crippen LogP contribution in [0.25, 0.3) is 0 Å². The van der Waals surface area contributed by atoms with E-state index in [1.54, 1.807) is 0 Å². The van der Waals surface area contributed by atoms with Crippen LogP contribution in [-0.4, -0.2) is 16.8 Å². The molecule has 4 N–H and O–H groups in total. The summed E-state index contributed by atoms with van der Waals surface area (Å²) in [5.74, 6) is 0.359. The molecule has 1 atom stereocenters. The Labute approximate surface area is 147 Å². The minimum absolute atomic E-state index is 0. The number of halogens is 1. The van der Waals surface area contributed by atoms with Gasteiger partial charge in [-0.2, -0.15) is 0 Å². The number of aromatic hydroxyl groups is 1. The smallest absolute Gasteiger partial charge is 0.123 e. The average molecular weight is 344 g/mol. The molecule has 0 bridgehead atoms. The molecule has 134 valence electrons. The van der Waals surface area contributed by atoms with Crippen molar-refractivity contribution < 1.29 is 10.2 Å². The van der Waals surface area contributed by atoms with Crippen molar-refractivity contribution in [3.8, 4) is 5.75 Å². The first-order chi connectivity index (χ1) is 9.71. The van der Waals surface area contributed by atoms with Crippen LogP contribution in [-0.2, 0) is 10.8 Å². The van der Waals surface area contributed by atoms with E-state index < -0.39 is 5.41 Å². The topological polar surface area (TPSA) is 66.5 Å². The lowest BCUT2D eigenvalue weighted by Crippen LogP contribution is -2.33. The second-order valence-electron chi connectivity index (χ2n) is 9.09. The highest BCUT2D eigenvalue weighted by Gasteiger charge is 2.32. The van der Waals surface area contributed by atoms with E-state index in [2.05, 4.69) is 41.5 Å². The van der Waals surface area contributed by atoms with Gasteiger partial charge >= 0.3 is 0 Å². The molecule has 0 aliphatic heterocycles. The molecule has 0 fully saturated rings. The lowest BCUT2D eigenvalue weighted by Gasteiger charge is -2.33. The molecular weight excluding hydrogens is 310 g/mol. The zero-order chi connectivity index (χ0) is 17.5. The van der Waals surface area contributed by atoms with E-state index in [0.29, 0.717) is 5.75 Å². The van der Waals surface area contributed by atoms with Gasteiger partial charge in [-0.1, -0.05) is 55.4 Å². The van der Waals surface area contributed by atoms with Gasteiger partial charge < -0.3 is 15.9 Å². The quantitative estimate of drug-likeness (QED) is 0.760. The summed E-state index contributed by atoms with van der Waals surface area (Å²) in [6.45, 7) is 16.4. The number of phenolic OH excluding ortho intramolecular Hbond substituents is 1. The normalized spacial score (nSPS) is 14.3. The highest BCUT2D eigenvalue weighted by molar-refractivity contribution is 5.85. The first-order valence-electron chi connectivity index (χ1n) is 7.96. The Kier molecular flexibility index (Phi) is 6.77. The number of rotatable bonds is 3. The first-order valence-corrected chi connectivity index (χ1v) is 7.96. The molecule has 0 heterocycles. The Bertz CT molecular complexity index is 504. The molecule has 0 radical (unpaired) electrons. The summed E-state index contributed by atoms with van der Waals surface area (Å²) in [7, 11) is 0. The van der Waals surface area contributed by atoms with Gasteiger partial charge in [-0.3, -0.25) is 0 Å². The Hall–Kier alpha value is -0.770. The van der Waals surface area contributed by atoms with Gasteiger partial charge in [0.25, 0.3) is 0 Å². The SMILES string of the molecule is CC(C)(C)c1cc([C@@H](N)C(C)(C)CO)cc(C(C)(C)C)c1O.Cl. The first kappa shape index (κ1) is 22.2. The van der Waals surface area contributed by atoms with Gasteiger partial charge in [0.1, 0.15) is 5.75 Å². The van der Waals surface area contributed by atoms with Crippen molar-refractivity contribution in [1.29, 1.82) is 0 Å². The molecule has 0 amide bonds. The Morgan fingerprint density at radius 2 is 1.26 bits per heavy atom. The number of hydrogen-bond acceptors (Lipinski definition) is 3. The van der Waals surface area contributed by atoms with Gasteiger partial charge in [0.05, 0.1) is 0 Å². The molecule has 3 nitrogen and oxygen atoms in total. The van der Waals surface area contributed by atoms with Gasteiger partial charge in [-0.05, 0) is 39.7 Å². The van der Waals surface area contributed by atoms with Crippen LogP contribution in [0.1, 0.15) is 78.1 Å². The van der Waals surface area contributed by atoms with Crippen LogP contribution >= 0.6 is 12.4 Å². The van der Waals surface area contributed by atoms with Crippen LogP contribution in [0.3, 0.4) is 0 Å². The van der Waals surface area contributed by atoms with Gasteiger partial charge in [-0.25, -0.2) is 0 Å². The molecule has 23 heavy (non-hydrogen) atoms. The number of hydrogen-bond donors (Lipinski definition) is 3. The Morgan fingerprint density at radius 3 is 1.52 bits per heavy atom. The van der Waals surface area contributed by atoms with E-state index in [0.717, 1.165) is 16.7 Å². The molecular formula is C19H34ClNO2. The van der Waals surface area contributed by atoms with Crippen LogP contribution in [0.15, 0.2) is 12.1 Å². The van der Waals surface area contributed by atoms with Crippen LogP contribution < -0.4 is 5.73 Å². The minimum atomic E-state index is -0.415. The average Bonchev–Trinajstić information content (AvgIpc) is 2.35. The number of benzene rings is 1. The van der Waals surface area contributed by atoms with E-state index in [1.165, 1.54) is 0 Å². The van der Waals surface area contributed by atoms with Crippen molar-refractivity contribution in [3.63, 3.8) is 0 Å². The van der Waals surface area contributed by atoms with E-state index in [1.807, 2.05) is 26.0 Å². The second kappa shape index (κ2) is 7.00. The molecule has 0 unspecified atom stereocenters. The summed E-state index contributed by atoms with van der Waals surface area (Å²) in [5, 5.41) is 20.3. The maximum atomic E-state index is 10.7. The van der Waals surface area contributed by atoms with Crippen LogP contribution in [0.5, 0.6) is 5.75 Å². The predicted molar refractivity (Wildman–Crippen MR) is 101 cm³/mol. The molecule has 0 aliphatic rings. The summed E-state index contributed by atoms with van der Waals surface area (Å²) in [6, 6.07) is 3.69. The molecule has 0 aliphatic carbocycles. The van der Waals surface area contributed by atoms with Crippen molar-refractivity contribution >= 4 is 12.4 Å². The van der Waals surface area contributed by atoms with Crippen molar-refractivity contribution in [2.45, 2.75) is 72.3 Å². The van der Waals surface area contributed by atoms with E-state index in [4.69, 9.17) is 5.73 Å². The minimum Gasteiger partial charge on any atom is -0.507 e. The number of aliphatic hydroxyl groups is 1. The summed E-state index contributed by atoms with van der Waals surface area (Å²) >= 11 is 0. The number of phenols is 1. The lowest BCUT2D eigenvalue weighted by molar-refractivity contribution is 0.132. The zero-order valence-electron chi connectivity index (χ0n) is 15.8. The highest BCUT2D eigenvalue weighted by atomic mass is 35.5. The fourth-order valence-corrected chi connectivity index (χ4v) is 2.53. The molecule has 1 rings (SSSR count). The van der Waals surface area contributed by atoms with Gasteiger partial charge in [0.2, 0.25) is 0 Å². The molecule has 1 aromatic carbocycles. The van der Waals surface area contributed by atoms with Crippen LogP contribution in [0, 0.1) is 5.41 Å². The fraction of sp³-hybridized carbons (Fsp3) is 0.684. The van der Waals surface area contributed by atoms with Crippen molar-refractivity contribution in [3.05, 3.63) is 28.8 Å². The Morgan fingerprint density at radius 1 is 0.913 bits per heavy atom. The van der Waals surface area contributed by atoms with Crippen molar-refractivity contribution in [2.75, 3.05) is 6.61 Å². The second-order valence-corrected chi connectivity index (χ2v) is 9.09. The lowest BCUT2D eigenvalue weighted by atomic mass is 9.74. The number of aliphatic hydroxyl groups excluding tert-OH is 1. The van der Waals surface area contributed by atoms with E-state index >= 15 is 0 Å². The molecule has 0 aromatic heterocycles. The summed E-state index contributed by atoms with van der Waals surface area (Å²) in [5.41, 5.74) is 8.41. The van der Waals surface area contributed by atoms with Crippen molar-refractivity contribution in [1.82, 2.24) is 0 Å². The highest BCUT2D eigenvalue weighted by Crippen LogP contribution is 2.42. The molecule has 0 saturated heterocycles. The standard InChI is InChI=1S/C19H33NO2.ClH/c1-17(2,3)13-9-12(16(20)19(7,8)11-21)10-14(15(13)22)18(4,5)6;/h9-10,16,21-22H,11,20H2,1-8H3;1H/t16-;/m1./s1. The molecule has 4 heteroatoms. The maximum absolute atomic E-state index is 10.7. The predicted octanol–water partition coefficient (Wildman–Crippen LogP) is 4.43. The third-order valence-corrected chi connectivity index (χ3v) is 4.36. The molecule has 0 saturated carbocycles. The summed E-state index contributed by atoms with van der Waals surface area (Å²) < 4.78 is 0. The van der Waals surface area contributed by atoms with E-state index in [9.17, 15) is 10.2 Å².